The fraction of sp³-hybridized carbons (Fsp3) is 0.458. The van der Waals surface area contributed by atoms with Crippen molar-refractivity contribution in [1.82, 2.24) is 10.2 Å². The highest BCUT2D eigenvalue weighted by Crippen LogP contribution is 2.41. The molecular weight excluding hydrogens is 348 g/mol. The molecule has 1 saturated carbocycles. The van der Waals surface area contributed by atoms with E-state index >= 15 is 0 Å². The zero-order valence-corrected chi connectivity index (χ0v) is 16.5. The minimum atomic E-state index is -0.354. The first-order valence-electron chi connectivity index (χ1n) is 10.5. The molecule has 0 radical (unpaired) electrons. The Hall–Kier alpha value is -2.17. The second kappa shape index (κ2) is 8.89. The summed E-state index contributed by atoms with van der Waals surface area (Å²) in [6.07, 6.45) is 4.13. The molecule has 2 aliphatic rings. The molecule has 1 saturated heterocycles. The minimum Gasteiger partial charge on any atom is -0.379 e. The van der Waals surface area contributed by atoms with Crippen molar-refractivity contribution in [3.8, 4) is 0 Å². The van der Waals surface area contributed by atoms with E-state index in [0.717, 1.165) is 64.1 Å². The van der Waals surface area contributed by atoms with Crippen LogP contribution in [0.5, 0.6) is 0 Å². The lowest BCUT2D eigenvalue weighted by Crippen LogP contribution is -2.42. The predicted molar refractivity (Wildman–Crippen MR) is 111 cm³/mol. The molecule has 4 rings (SSSR count). The first kappa shape index (κ1) is 19.2. The summed E-state index contributed by atoms with van der Waals surface area (Å²) in [6, 6.07) is 18.9. The van der Waals surface area contributed by atoms with Crippen molar-refractivity contribution in [2.75, 3.05) is 26.3 Å². The molecule has 1 aliphatic carbocycles. The number of ether oxygens (including phenoxy) is 1. The van der Waals surface area contributed by atoms with Gasteiger partial charge in [0.15, 0.2) is 0 Å². The summed E-state index contributed by atoms with van der Waals surface area (Å²) < 4.78 is 5.43. The highest BCUT2D eigenvalue weighted by Gasteiger charge is 2.42. The Balaban J connectivity index is 1.41. The minimum absolute atomic E-state index is 0.176. The lowest BCUT2D eigenvalue weighted by molar-refractivity contribution is -0.126. The van der Waals surface area contributed by atoms with Crippen LogP contribution in [0.15, 0.2) is 54.6 Å². The molecule has 2 aromatic rings. The van der Waals surface area contributed by atoms with Gasteiger partial charge < -0.3 is 10.1 Å². The van der Waals surface area contributed by atoms with Crippen molar-refractivity contribution < 1.29 is 9.53 Å². The van der Waals surface area contributed by atoms with E-state index in [9.17, 15) is 4.79 Å². The average Bonchev–Trinajstić information content (AvgIpc) is 3.25. The van der Waals surface area contributed by atoms with Crippen LogP contribution in [0.2, 0.25) is 0 Å². The molecule has 2 fully saturated rings. The predicted octanol–water partition coefficient (Wildman–Crippen LogP) is 3.65. The number of rotatable bonds is 6. The van der Waals surface area contributed by atoms with E-state index in [1.165, 1.54) is 11.1 Å². The highest BCUT2D eigenvalue weighted by molar-refractivity contribution is 5.88. The normalized spacial score (nSPS) is 19.4. The van der Waals surface area contributed by atoms with Crippen LogP contribution in [0, 0.1) is 0 Å². The first-order valence-corrected chi connectivity index (χ1v) is 10.5. The molecule has 4 nitrogen and oxygen atoms in total. The van der Waals surface area contributed by atoms with E-state index in [-0.39, 0.29) is 11.3 Å². The SMILES string of the molecule is O=C(NCc1cccc(CN2CCOCC2)c1)C1(c2ccccc2)CCCC1. The summed E-state index contributed by atoms with van der Waals surface area (Å²) in [5, 5.41) is 3.24. The molecule has 1 heterocycles. The van der Waals surface area contributed by atoms with Gasteiger partial charge in [-0.15, -0.1) is 0 Å². The van der Waals surface area contributed by atoms with Crippen LogP contribution in [0.4, 0.5) is 0 Å². The number of carbonyl (C=O) groups excluding carboxylic acids is 1. The summed E-state index contributed by atoms with van der Waals surface area (Å²) in [4.78, 5) is 15.6. The Morgan fingerprint density at radius 1 is 0.964 bits per heavy atom. The van der Waals surface area contributed by atoms with Crippen molar-refractivity contribution in [1.29, 1.82) is 0 Å². The Morgan fingerprint density at radius 3 is 2.43 bits per heavy atom. The average molecular weight is 379 g/mol. The molecule has 1 N–H and O–H groups in total. The van der Waals surface area contributed by atoms with E-state index < -0.39 is 0 Å². The molecule has 148 valence electrons. The van der Waals surface area contributed by atoms with Gasteiger partial charge in [-0.2, -0.15) is 0 Å². The molecule has 1 amide bonds. The summed E-state index contributed by atoms with van der Waals surface area (Å²) in [7, 11) is 0. The third-order valence-corrected chi connectivity index (χ3v) is 6.17. The number of carbonyl (C=O) groups is 1. The second-order valence-electron chi connectivity index (χ2n) is 8.05. The number of amides is 1. The number of hydrogen-bond acceptors (Lipinski definition) is 3. The van der Waals surface area contributed by atoms with Gasteiger partial charge in [-0.25, -0.2) is 0 Å². The molecule has 0 unspecified atom stereocenters. The zero-order chi connectivity index (χ0) is 19.2. The van der Waals surface area contributed by atoms with Crippen LogP contribution in [0.3, 0.4) is 0 Å². The second-order valence-corrected chi connectivity index (χ2v) is 8.05. The molecule has 2 aromatic carbocycles. The van der Waals surface area contributed by atoms with E-state index in [4.69, 9.17) is 4.74 Å². The van der Waals surface area contributed by atoms with Crippen molar-refractivity contribution in [3.63, 3.8) is 0 Å². The molecular formula is C24H30N2O2. The fourth-order valence-electron chi connectivity index (χ4n) is 4.59. The van der Waals surface area contributed by atoms with Crippen molar-refractivity contribution in [2.45, 2.75) is 44.2 Å². The van der Waals surface area contributed by atoms with E-state index in [2.05, 4.69) is 46.6 Å². The number of hydrogen-bond donors (Lipinski definition) is 1. The van der Waals surface area contributed by atoms with Gasteiger partial charge in [0.2, 0.25) is 5.91 Å². The number of benzene rings is 2. The molecule has 0 spiro atoms. The van der Waals surface area contributed by atoms with Crippen LogP contribution in [0.25, 0.3) is 0 Å². The van der Waals surface area contributed by atoms with Crippen LogP contribution in [-0.4, -0.2) is 37.1 Å². The van der Waals surface area contributed by atoms with Gasteiger partial charge in [-0.3, -0.25) is 9.69 Å². The van der Waals surface area contributed by atoms with Gasteiger partial charge in [0.05, 0.1) is 18.6 Å². The summed E-state index contributed by atoms with van der Waals surface area (Å²) in [5.74, 6) is 0.176. The van der Waals surface area contributed by atoms with Crippen LogP contribution in [-0.2, 0) is 28.0 Å². The zero-order valence-electron chi connectivity index (χ0n) is 16.5. The van der Waals surface area contributed by atoms with Gasteiger partial charge in [0, 0.05) is 26.2 Å². The summed E-state index contributed by atoms with van der Waals surface area (Å²) >= 11 is 0. The summed E-state index contributed by atoms with van der Waals surface area (Å²) in [6.45, 7) is 5.14. The highest BCUT2D eigenvalue weighted by atomic mass is 16.5. The lowest BCUT2D eigenvalue weighted by Gasteiger charge is -2.28. The third-order valence-electron chi connectivity index (χ3n) is 6.17. The van der Waals surface area contributed by atoms with Crippen molar-refractivity contribution in [3.05, 3.63) is 71.3 Å². The van der Waals surface area contributed by atoms with Crippen LogP contribution >= 0.6 is 0 Å². The van der Waals surface area contributed by atoms with Gasteiger partial charge >= 0.3 is 0 Å². The molecule has 1 aliphatic heterocycles. The van der Waals surface area contributed by atoms with Gasteiger partial charge in [-0.1, -0.05) is 67.4 Å². The fourth-order valence-corrected chi connectivity index (χ4v) is 4.59. The number of nitrogens with zero attached hydrogens (tertiary/aromatic N) is 1. The molecule has 0 bridgehead atoms. The molecule has 0 atom stereocenters. The quantitative estimate of drug-likeness (QED) is 0.834. The standard InChI is InChI=1S/C24H30N2O2/c27-23(24(11-4-5-12-24)22-9-2-1-3-10-22)25-18-20-7-6-8-21(17-20)19-26-13-15-28-16-14-26/h1-3,6-10,17H,4-5,11-16,18-19H2,(H,25,27). The van der Waals surface area contributed by atoms with E-state index in [0.29, 0.717) is 6.54 Å². The maximum atomic E-state index is 13.2. The van der Waals surface area contributed by atoms with Gasteiger partial charge in [-0.05, 0) is 29.5 Å². The maximum Gasteiger partial charge on any atom is 0.230 e. The number of nitrogens with one attached hydrogen (secondary N) is 1. The smallest absolute Gasteiger partial charge is 0.230 e. The Kier molecular flexibility index (Phi) is 6.08. The maximum absolute atomic E-state index is 13.2. The first-order chi connectivity index (χ1) is 13.8. The van der Waals surface area contributed by atoms with Crippen molar-refractivity contribution >= 4 is 5.91 Å². The topological polar surface area (TPSA) is 41.6 Å². The Labute approximate surface area is 167 Å². The van der Waals surface area contributed by atoms with Crippen LogP contribution in [0.1, 0.15) is 42.4 Å². The lowest BCUT2D eigenvalue weighted by atomic mass is 9.78. The summed E-state index contributed by atoms with van der Waals surface area (Å²) in [5.41, 5.74) is 3.27. The largest absolute Gasteiger partial charge is 0.379 e. The van der Waals surface area contributed by atoms with Gasteiger partial charge in [0.25, 0.3) is 0 Å². The van der Waals surface area contributed by atoms with E-state index in [1.807, 2.05) is 18.2 Å². The Bertz CT molecular complexity index is 778. The van der Waals surface area contributed by atoms with Gasteiger partial charge in [0.1, 0.15) is 0 Å². The van der Waals surface area contributed by atoms with Crippen molar-refractivity contribution in [2.24, 2.45) is 0 Å². The monoisotopic (exact) mass is 378 g/mol. The number of morpholine rings is 1. The third kappa shape index (κ3) is 4.29. The van der Waals surface area contributed by atoms with Crippen LogP contribution < -0.4 is 5.32 Å². The molecule has 0 aromatic heterocycles. The molecule has 28 heavy (non-hydrogen) atoms. The molecule has 4 heteroatoms. The Morgan fingerprint density at radius 2 is 1.68 bits per heavy atom. The van der Waals surface area contributed by atoms with E-state index in [1.54, 1.807) is 0 Å².